The van der Waals surface area contributed by atoms with Crippen LogP contribution in [0.5, 0.6) is 0 Å². The van der Waals surface area contributed by atoms with E-state index in [-0.39, 0.29) is 24.2 Å². The molecular weight excluding hydrogens is 382 g/mol. The molecule has 1 aliphatic rings. The minimum atomic E-state index is -0.342. The number of aromatic nitrogens is 1. The van der Waals surface area contributed by atoms with E-state index in [1.165, 1.54) is 5.56 Å². The van der Waals surface area contributed by atoms with E-state index >= 15 is 0 Å². The van der Waals surface area contributed by atoms with Gasteiger partial charge in [0.2, 0.25) is 11.8 Å². The lowest BCUT2D eigenvalue weighted by Crippen LogP contribution is -2.32. The number of pyridine rings is 1. The fraction of sp³-hybridized carbons (Fsp3) is 0.261. The number of amides is 2. The molecule has 5 nitrogen and oxygen atoms in total. The fourth-order valence-electron chi connectivity index (χ4n) is 3.57. The third kappa shape index (κ3) is 4.07. The average Bonchev–Trinajstić information content (AvgIpc) is 3.38. The molecule has 3 heterocycles. The van der Waals surface area contributed by atoms with Crippen LogP contribution in [0.3, 0.4) is 0 Å². The zero-order valence-electron chi connectivity index (χ0n) is 16.5. The number of carbonyl (C=O) groups is 2. The maximum atomic E-state index is 12.8. The van der Waals surface area contributed by atoms with E-state index in [2.05, 4.69) is 10.3 Å². The van der Waals surface area contributed by atoms with Crippen molar-refractivity contribution in [1.29, 1.82) is 0 Å². The van der Waals surface area contributed by atoms with Gasteiger partial charge in [-0.05, 0) is 60.2 Å². The van der Waals surface area contributed by atoms with Crippen LogP contribution in [0.1, 0.15) is 23.1 Å². The van der Waals surface area contributed by atoms with Crippen LogP contribution >= 0.6 is 11.3 Å². The predicted molar refractivity (Wildman–Crippen MR) is 116 cm³/mol. The molecular formula is C23H23N3O2S. The molecule has 2 amide bonds. The monoisotopic (exact) mass is 405 g/mol. The molecule has 3 aromatic rings. The first-order valence-electron chi connectivity index (χ1n) is 9.66. The van der Waals surface area contributed by atoms with E-state index in [1.807, 2.05) is 61.7 Å². The van der Waals surface area contributed by atoms with Gasteiger partial charge in [0.1, 0.15) is 0 Å². The minimum Gasteiger partial charge on any atom is -0.352 e. The van der Waals surface area contributed by atoms with Gasteiger partial charge in [-0.2, -0.15) is 0 Å². The highest BCUT2D eigenvalue weighted by atomic mass is 32.1. The Morgan fingerprint density at radius 3 is 2.83 bits per heavy atom. The largest absolute Gasteiger partial charge is 0.352 e. The number of anilines is 1. The normalized spacial score (nSPS) is 16.3. The second kappa shape index (κ2) is 8.17. The van der Waals surface area contributed by atoms with Crippen molar-refractivity contribution in [3.8, 4) is 10.6 Å². The highest BCUT2D eigenvalue weighted by Crippen LogP contribution is 2.28. The summed E-state index contributed by atoms with van der Waals surface area (Å²) in [4.78, 5) is 32.5. The summed E-state index contributed by atoms with van der Waals surface area (Å²) in [6, 6.07) is 13.8. The summed E-state index contributed by atoms with van der Waals surface area (Å²) in [6.45, 7) is 4.89. The quantitative estimate of drug-likeness (QED) is 0.695. The van der Waals surface area contributed by atoms with Gasteiger partial charge in [0.25, 0.3) is 0 Å². The standard InChI is InChI=1S/C23H23N3O2S/c1-15-7-8-19(11-16(15)2)26-14-18(12-21(26)27)23(28)25-13-17-5-3-9-24-22(17)20-6-4-10-29-20/h3-11,18H,12-14H2,1-2H3,(H,25,28). The lowest BCUT2D eigenvalue weighted by Gasteiger charge is -2.18. The van der Waals surface area contributed by atoms with Crippen molar-refractivity contribution in [1.82, 2.24) is 10.3 Å². The number of thiophene rings is 1. The van der Waals surface area contributed by atoms with Crippen molar-refractivity contribution in [2.45, 2.75) is 26.8 Å². The van der Waals surface area contributed by atoms with Crippen LogP contribution in [-0.4, -0.2) is 23.3 Å². The molecule has 4 rings (SSSR count). The summed E-state index contributed by atoms with van der Waals surface area (Å²) in [7, 11) is 0. The number of nitrogens with one attached hydrogen (secondary N) is 1. The second-order valence-corrected chi connectivity index (χ2v) is 8.33. The fourth-order valence-corrected chi connectivity index (χ4v) is 4.33. The van der Waals surface area contributed by atoms with E-state index in [0.717, 1.165) is 27.4 Å². The van der Waals surface area contributed by atoms with Gasteiger partial charge in [0.05, 0.1) is 16.5 Å². The summed E-state index contributed by atoms with van der Waals surface area (Å²) >= 11 is 1.62. The molecule has 2 aromatic heterocycles. The predicted octanol–water partition coefficient (Wildman–Crippen LogP) is 4.10. The summed E-state index contributed by atoms with van der Waals surface area (Å²) in [5, 5.41) is 5.01. The van der Waals surface area contributed by atoms with E-state index in [0.29, 0.717) is 13.1 Å². The smallest absolute Gasteiger partial charge is 0.227 e. The summed E-state index contributed by atoms with van der Waals surface area (Å²) < 4.78 is 0. The molecule has 29 heavy (non-hydrogen) atoms. The van der Waals surface area contributed by atoms with Crippen LogP contribution < -0.4 is 10.2 Å². The molecule has 1 atom stereocenters. The number of aryl methyl sites for hydroxylation is 2. The molecule has 1 fully saturated rings. The van der Waals surface area contributed by atoms with Crippen LogP contribution in [0.2, 0.25) is 0 Å². The van der Waals surface area contributed by atoms with Crippen molar-refractivity contribution < 1.29 is 9.59 Å². The molecule has 1 saturated heterocycles. The third-order valence-corrected chi connectivity index (χ3v) is 6.27. The molecule has 0 bridgehead atoms. The van der Waals surface area contributed by atoms with E-state index in [1.54, 1.807) is 22.4 Å². The number of carbonyl (C=O) groups excluding carboxylic acids is 2. The molecule has 0 spiro atoms. The van der Waals surface area contributed by atoms with Crippen LogP contribution in [0.15, 0.2) is 54.0 Å². The van der Waals surface area contributed by atoms with Gasteiger partial charge in [-0.25, -0.2) is 0 Å². The van der Waals surface area contributed by atoms with Crippen LogP contribution in [0.4, 0.5) is 5.69 Å². The van der Waals surface area contributed by atoms with Crippen LogP contribution in [-0.2, 0) is 16.1 Å². The Hall–Kier alpha value is -2.99. The molecule has 1 unspecified atom stereocenters. The molecule has 0 saturated carbocycles. The van der Waals surface area contributed by atoms with Crippen molar-refractivity contribution >= 4 is 28.8 Å². The van der Waals surface area contributed by atoms with Crippen molar-refractivity contribution in [3.05, 3.63) is 70.7 Å². The molecule has 1 aliphatic heterocycles. The Morgan fingerprint density at radius 2 is 2.07 bits per heavy atom. The topological polar surface area (TPSA) is 62.3 Å². The highest BCUT2D eigenvalue weighted by Gasteiger charge is 2.35. The highest BCUT2D eigenvalue weighted by molar-refractivity contribution is 7.13. The minimum absolute atomic E-state index is 0.00550. The first-order chi connectivity index (χ1) is 14.0. The Morgan fingerprint density at radius 1 is 1.21 bits per heavy atom. The molecule has 0 radical (unpaired) electrons. The lowest BCUT2D eigenvalue weighted by atomic mass is 10.1. The number of nitrogens with zero attached hydrogens (tertiary/aromatic N) is 2. The van der Waals surface area contributed by atoms with Gasteiger partial charge in [0, 0.05) is 31.4 Å². The summed E-state index contributed by atoms with van der Waals surface area (Å²) in [5.74, 6) is -0.439. The first-order valence-corrected chi connectivity index (χ1v) is 10.5. The zero-order valence-corrected chi connectivity index (χ0v) is 17.3. The van der Waals surface area contributed by atoms with E-state index < -0.39 is 0 Å². The summed E-state index contributed by atoms with van der Waals surface area (Å²) in [5.41, 5.74) is 5.05. The van der Waals surface area contributed by atoms with Gasteiger partial charge >= 0.3 is 0 Å². The molecule has 1 N–H and O–H groups in total. The van der Waals surface area contributed by atoms with Gasteiger partial charge in [-0.1, -0.05) is 18.2 Å². The molecule has 0 aliphatic carbocycles. The SMILES string of the molecule is Cc1ccc(N2CC(C(=O)NCc3cccnc3-c3cccs3)CC2=O)cc1C. The number of rotatable bonds is 5. The molecule has 6 heteroatoms. The third-order valence-electron chi connectivity index (χ3n) is 5.40. The Labute approximate surface area is 174 Å². The average molecular weight is 406 g/mol. The summed E-state index contributed by atoms with van der Waals surface area (Å²) in [6.07, 6.45) is 2.00. The van der Waals surface area contributed by atoms with Gasteiger partial charge in [-0.3, -0.25) is 14.6 Å². The first kappa shape index (κ1) is 19.3. The van der Waals surface area contributed by atoms with Crippen molar-refractivity contribution in [2.75, 3.05) is 11.4 Å². The van der Waals surface area contributed by atoms with Gasteiger partial charge < -0.3 is 10.2 Å². The van der Waals surface area contributed by atoms with Crippen LogP contribution in [0, 0.1) is 19.8 Å². The number of hydrogen-bond donors (Lipinski definition) is 1. The lowest BCUT2D eigenvalue weighted by molar-refractivity contribution is -0.126. The van der Waals surface area contributed by atoms with Gasteiger partial charge in [0.15, 0.2) is 0 Å². The molecule has 148 valence electrons. The zero-order chi connectivity index (χ0) is 20.4. The van der Waals surface area contributed by atoms with Crippen molar-refractivity contribution in [2.24, 2.45) is 5.92 Å². The van der Waals surface area contributed by atoms with Crippen LogP contribution in [0.25, 0.3) is 10.6 Å². The Kier molecular flexibility index (Phi) is 5.45. The number of hydrogen-bond acceptors (Lipinski definition) is 4. The van der Waals surface area contributed by atoms with Gasteiger partial charge in [-0.15, -0.1) is 11.3 Å². The maximum Gasteiger partial charge on any atom is 0.227 e. The van der Waals surface area contributed by atoms with E-state index in [4.69, 9.17) is 0 Å². The molecule has 1 aromatic carbocycles. The van der Waals surface area contributed by atoms with E-state index in [9.17, 15) is 9.59 Å². The Bertz CT molecular complexity index is 1050. The number of benzene rings is 1. The van der Waals surface area contributed by atoms with Crippen molar-refractivity contribution in [3.63, 3.8) is 0 Å². The Balaban J connectivity index is 1.43. The second-order valence-electron chi connectivity index (χ2n) is 7.38. The maximum absolute atomic E-state index is 12.8.